The maximum Gasteiger partial charge on any atom is 0.0989 e. The third-order valence-corrected chi connectivity index (χ3v) is 4.69. The molecule has 0 aromatic heterocycles. The van der Waals surface area contributed by atoms with Crippen LogP contribution in [-0.2, 0) is 0 Å². The standard InChI is InChI=1S/C14H26N2/c1-11-7-3-6-10-13(11)16(2)14(15)12-8-4-5-9-12/h11-13,15H,3-10H2,1-2H3. The lowest BCUT2D eigenvalue weighted by Crippen LogP contribution is -2.44. The lowest BCUT2D eigenvalue weighted by Gasteiger charge is -2.39. The van der Waals surface area contributed by atoms with Gasteiger partial charge in [0, 0.05) is 19.0 Å². The predicted molar refractivity (Wildman–Crippen MR) is 68.9 cm³/mol. The van der Waals surface area contributed by atoms with Gasteiger partial charge in [-0.15, -0.1) is 0 Å². The van der Waals surface area contributed by atoms with Crippen molar-refractivity contribution in [1.29, 1.82) is 5.41 Å². The quantitative estimate of drug-likeness (QED) is 0.560. The SMILES string of the molecule is CC1CCCCC1N(C)C(=N)C1CCCC1. The van der Waals surface area contributed by atoms with Crippen LogP contribution in [-0.4, -0.2) is 23.8 Å². The molecule has 2 rings (SSSR count). The van der Waals surface area contributed by atoms with Crippen LogP contribution in [0.5, 0.6) is 0 Å². The van der Waals surface area contributed by atoms with E-state index in [0.29, 0.717) is 12.0 Å². The molecule has 2 saturated carbocycles. The number of hydrogen-bond donors (Lipinski definition) is 1. The second-order valence-corrected chi connectivity index (χ2v) is 5.81. The van der Waals surface area contributed by atoms with Crippen LogP contribution >= 0.6 is 0 Å². The fourth-order valence-corrected chi connectivity index (χ4v) is 3.54. The van der Waals surface area contributed by atoms with E-state index in [1.807, 2.05) is 0 Å². The number of rotatable bonds is 2. The van der Waals surface area contributed by atoms with Crippen LogP contribution in [0.3, 0.4) is 0 Å². The van der Waals surface area contributed by atoms with E-state index in [9.17, 15) is 0 Å². The smallest absolute Gasteiger partial charge is 0.0989 e. The van der Waals surface area contributed by atoms with Crippen molar-refractivity contribution in [2.45, 2.75) is 64.3 Å². The Morgan fingerprint density at radius 2 is 1.56 bits per heavy atom. The molecule has 0 bridgehead atoms. The molecule has 2 unspecified atom stereocenters. The summed E-state index contributed by atoms with van der Waals surface area (Å²) in [6, 6.07) is 0.641. The summed E-state index contributed by atoms with van der Waals surface area (Å²) >= 11 is 0. The zero-order chi connectivity index (χ0) is 11.5. The van der Waals surface area contributed by atoms with Gasteiger partial charge in [0.2, 0.25) is 0 Å². The van der Waals surface area contributed by atoms with Gasteiger partial charge >= 0.3 is 0 Å². The highest BCUT2D eigenvalue weighted by Crippen LogP contribution is 2.31. The fourth-order valence-electron chi connectivity index (χ4n) is 3.54. The molecule has 0 aromatic rings. The van der Waals surface area contributed by atoms with Gasteiger partial charge in [-0.3, -0.25) is 5.41 Å². The number of hydrogen-bond acceptors (Lipinski definition) is 1. The van der Waals surface area contributed by atoms with E-state index >= 15 is 0 Å². The maximum atomic E-state index is 8.34. The average molecular weight is 222 g/mol. The maximum absolute atomic E-state index is 8.34. The molecule has 2 aliphatic carbocycles. The second kappa shape index (κ2) is 5.20. The summed E-state index contributed by atoms with van der Waals surface area (Å²) in [4.78, 5) is 2.31. The van der Waals surface area contributed by atoms with Crippen molar-refractivity contribution in [2.24, 2.45) is 11.8 Å². The highest BCUT2D eigenvalue weighted by molar-refractivity contribution is 5.82. The first kappa shape index (κ1) is 11.9. The van der Waals surface area contributed by atoms with Crippen molar-refractivity contribution in [3.8, 4) is 0 Å². The molecule has 0 spiro atoms. The summed E-state index contributed by atoms with van der Waals surface area (Å²) < 4.78 is 0. The number of nitrogens with zero attached hydrogens (tertiary/aromatic N) is 1. The molecule has 2 fully saturated rings. The Balaban J connectivity index is 1.94. The minimum atomic E-state index is 0.569. The Morgan fingerprint density at radius 3 is 2.19 bits per heavy atom. The van der Waals surface area contributed by atoms with Crippen LogP contribution in [0, 0.1) is 17.2 Å². The molecule has 0 saturated heterocycles. The monoisotopic (exact) mass is 222 g/mol. The molecule has 1 N–H and O–H groups in total. The lowest BCUT2D eigenvalue weighted by atomic mass is 9.84. The van der Waals surface area contributed by atoms with Crippen molar-refractivity contribution in [1.82, 2.24) is 4.90 Å². The van der Waals surface area contributed by atoms with Crippen molar-refractivity contribution < 1.29 is 0 Å². The first-order valence-electron chi connectivity index (χ1n) is 7.01. The molecule has 0 aromatic carbocycles. The molecule has 0 heterocycles. The van der Waals surface area contributed by atoms with Gasteiger partial charge < -0.3 is 4.90 Å². The Labute approximate surface area is 99.9 Å². The molecule has 2 atom stereocenters. The van der Waals surface area contributed by atoms with Crippen molar-refractivity contribution in [3.63, 3.8) is 0 Å². The highest BCUT2D eigenvalue weighted by atomic mass is 15.2. The summed E-state index contributed by atoms with van der Waals surface area (Å²) in [5.41, 5.74) is 0. The van der Waals surface area contributed by atoms with E-state index in [4.69, 9.17) is 5.41 Å². The van der Waals surface area contributed by atoms with E-state index in [0.717, 1.165) is 11.8 Å². The van der Waals surface area contributed by atoms with Crippen LogP contribution in [0.4, 0.5) is 0 Å². The van der Waals surface area contributed by atoms with Crippen molar-refractivity contribution >= 4 is 5.84 Å². The first-order chi connectivity index (χ1) is 7.70. The zero-order valence-electron chi connectivity index (χ0n) is 10.8. The number of nitrogens with one attached hydrogen (secondary N) is 1. The lowest BCUT2D eigenvalue weighted by molar-refractivity contribution is 0.198. The minimum Gasteiger partial charge on any atom is -0.360 e. The van der Waals surface area contributed by atoms with Gasteiger partial charge in [0.15, 0.2) is 0 Å². The normalized spacial score (nSPS) is 31.6. The minimum absolute atomic E-state index is 0.569. The molecule has 2 aliphatic rings. The van der Waals surface area contributed by atoms with E-state index in [1.54, 1.807) is 0 Å². The van der Waals surface area contributed by atoms with Gasteiger partial charge in [-0.1, -0.05) is 32.6 Å². The summed E-state index contributed by atoms with van der Waals surface area (Å²) in [5, 5.41) is 8.34. The van der Waals surface area contributed by atoms with Gasteiger partial charge in [-0.25, -0.2) is 0 Å². The molecule has 16 heavy (non-hydrogen) atoms. The molecular formula is C14H26N2. The summed E-state index contributed by atoms with van der Waals surface area (Å²) in [7, 11) is 2.16. The molecule has 0 aliphatic heterocycles. The van der Waals surface area contributed by atoms with Gasteiger partial charge in [0.05, 0.1) is 5.84 Å². The highest BCUT2D eigenvalue weighted by Gasteiger charge is 2.30. The van der Waals surface area contributed by atoms with E-state index in [2.05, 4.69) is 18.9 Å². The van der Waals surface area contributed by atoms with Gasteiger partial charge in [-0.2, -0.15) is 0 Å². The van der Waals surface area contributed by atoms with E-state index in [-0.39, 0.29) is 0 Å². The molecule has 0 amide bonds. The first-order valence-corrected chi connectivity index (χ1v) is 7.01. The van der Waals surface area contributed by atoms with Crippen LogP contribution < -0.4 is 0 Å². The summed E-state index contributed by atoms with van der Waals surface area (Å²) in [6.07, 6.45) is 10.6. The van der Waals surface area contributed by atoms with Crippen molar-refractivity contribution in [2.75, 3.05) is 7.05 Å². The second-order valence-electron chi connectivity index (χ2n) is 5.81. The van der Waals surface area contributed by atoms with Crippen molar-refractivity contribution in [3.05, 3.63) is 0 Å². The summed E-state index contributed by atoms with van der Waals surface area (Å²) in [6.45, 7) is 2.36. The Hall–Kier alpha value is -0.530. The molecular weight excluding hydrogens is 196 g/mol. The largest absolute Gasteiger partial charge is 0.360 e. The topological polar surface area (TPSA) is 27.1 Å². The average Bonchev–Trinajstić information content (AvgIpc) is 2.81. The summed E-state index contributed by atoms with van der Waals surface area (Å²) in [5.74, 6) is 2.27. The molecule has 92 valence electrons. The van der Waals surface area contributed by atoms with Crippen LogP contribution in [0.25, 0.3) is 0 Å². The third kappa shape index (κ3) is 2.41. The van der Waals surface area contributed by atoms with Gasteiger partial charge in [0.1, 0.15) is 0 Å². The molecule has 2 nitrogen and oxygen atoms in total. The molecule has 2 heteroatoms. The van der Waals surface area contributed by atoms with Gasteiger partial charge in [0.25, 0.3) is 0 Å². The fraction of sp³-hybridized carbons (Fsp3) is 0.929. The van der Waals surface area contributed by atoms with E-state index < -0.39 is 0 Å². The van der Waals surface area contributed by atoms with E-state index in [1.165, 1.54) is 51.4 Å². The zero-order valence-corrected chi connectivity index (χ0v) is 10.8. The Bertz CT molecular complexity index is 243. The Kier molecular flexibility index (Phi) is 3.88. The van der Waals surface area contributed by atoms with Crippen LogP contribution in [0.15, 0.2) is 0 Å². The number of amidine groups is 1. The third-order valence-electron chi connectivity index (χ3n) is 4.69. The van der Waals surface area contributed by atoms with Gasteiger partial charge in [-0.05, 0) is 31.6 Å². The van der Waals surface area contributed by atoms with Crippen LogP contribution in [0.1, 0.15) is 58.3 Å². The Morgan fingerprint density at radius 1 is 1.00 bits per heavy atom. The predicted octanol–water partition coefficient (Wildman–Crippen LogP) is 3.66. The van der Waals surface area contributed by atoms with Crippen LogP contribution in [0.2, 0.25) is 0 Å². The molecule has 0 radical (unpaired) electrons.